The van der Waals surface area contributed by atoms with Crippen LogP contribution in [0.15, 0.2) is 35.2 Å². The lowest BCUT2D eigenvalue weighted by Gasteiger charge is -2.34. The number of halogens is 1. The Morgan fingerprint density at radius 1 is 1.14 bits per heavy atom. The Hall–Kier alpha value is -1.14. The quantitative estimate of drug-likeness (QED) is 0.810. The van der Waals surface area contributed by atoms with E-state index in [1.165, 1.54) is 5.69 Å². The number of hydrogen-bond donors (Lipinski definition) is 0. The van der Waals surface area contributed by atoms with Crippen LogP contribution in [0.25, 0.3) is 0 Å². The highest BCUT2D eigenvalue weighted by Gasteiger charge is 2.17. The summed E-state index contributed by atoms with van der Waals surface area (Å²) in [7, 11) is 0. The van der Waals surface area contributed by atoms with Gasteiger partial charge >= 0.3 is 0 Å². The zero-order valence-electron chi connectivity index (χ0n) is 12.4. The van der Waals surface area contributed by atoms with Crippen LogP contribution < -0.4 is 4.74 Å². The predicted molar refractivity (Wildman–Crippen MR) is 90.8 cm³/mol. The van der Waals surface area contributed by atoms with E-state index >= 15 is 0 Å². The fraction of sp³-hybridized carbons (Fsp3) is 0.438. The van der Waals surface area contributed by atoms with Crippen molar-refractivity contribution < 1.29 is 4.74 Å². The van der Waals surface area contributed by atoms with Gasteiger partial charge < -0.3 is 4.74 Å². The minimum Gasteiger partial charge on any atom is -0.491 e. The molecule has 1 aliphatic heterocycles. The number of hydrogen-bond acceptors (Lipinski definition) is 5. The van der Waals surface area contributed by atoms with Gasteiger partial charge in [-0.3, -0.25) is 9.80 Å². The van der Waals surface area contributed by atoms with E-state index in [-0.39, 0.29) is 0 Å². The van der Waals surface area contributed by atoms with Gasteiger partial charge in [-0.2, -0.15) is 0 Å². The average molecular weight is 338 g/mol. The highest BCUT2D eigenvalue weighted by molar-refractivity contribution is 7.07. The molecule has 1 fully saturated rings. The Morgan fingerprint density at radius 2 is 1.91 bits per heavy atom. The van der Waals surface area contributed by atoms with Crippen LogP contribution in [0.1, 0.15) is 5.69 Å². The smallest absolute Gasteiger partial charge is 0.137 e. The summed E-state index contributed by atoms with van der Waals surface area (Å²) in [5, 5.41) is 2.81. The minimum absolute atomic E-state index is 0.676. The summed E-state index contributed by atoms with van der Waals surface area (Å²) < 4.78 is 5.76. The zero-order chi connectivity index (χ0) is 15.2. The van der Waals surface area contributed by atoms with Gasteiger partial charge in [-0.1, -0.05) is 23.7 Å². The SMILES string of the molecule is Clc1ccccc1OCCN1CCN(Cc2cscn2)CC1. The van der Waals surface area contributed by atoms with Crippen molar-refractivity contribution in [3.8, 4) is 5.75 Å². The van der Waals surface area contributed by atoms with Gasteiger partial charge in [0.05, 0.1) is 16.2 Å². The maximum absolute atomic E-state index is 6.08. The van der Waals surface area contributed by atoms with E-state index in [9.17, 15) is 0 Å². The Bertz CT molecular complexity index is 571. The van der Waals surface area contributed by atoms with E-state index in [4.69, 9.17) is 16.3 Å². The molecule has 0 aliphatic carbocycles. The molecule has 0 atom stereocenters. The molecular formula is C16H20ClN3OS. The molecule has 0 saturated carbocycles. The number of rotatable bonds is 6. The molecule has 0 bridgehead atoms. The third-order valence-corrected chi connectivity index (χ3v) is 4.78. The molecule has 2 heterocycles. The van der Waals surface area contributed by atoms with Crippen LogP contribution in [-0.4, -0.2) is 54.1 Å². The zero-order valence-corrected chi connectivity index (χ0v) is 14.0. The summed E-state index contributed by atoms with van der Waals surface area (Å²) in [6.45, 7) is 6.92. The second-order valence-electron chi connectivity index (χ2n) is 5.38. The van der Waals surface area contributed by atoms with Crippen molar-refractivity contribution >= 4 is 22.9 Å². The van der Waals surface area contributed by atoms with Crippen LogP contribution >= 0.6 is 22.9 Å². The van der Waals surface area contributed by atoms with Gasteiger partial charge in [0.25, 0.3) is 0 Å². The molecule has 0 unspecified atom stereocenters. The topological polar surface area (TPSA) is 28.6 Å². The Balaban J connectivity index is 1.36. The van der Waals surface area contributed by atoms with Gasteiger partial charge in [0, 0.05) is 44.6 Å². The molecule has 0 spiro atoms. The molecule has 6 heteroatoms. The Labute approximate surface area is 140 Å². The Morgan fingerprint density at radius 3 is 2.64 bits per heavy atom. The van der Waals surface area contributed by atoms with Crippen molar-refractivity contribution in [1.29, 1.82) is 0 Å². The number of nitrogens with zero attached hydrogens (tertiary/aromatic N) is 3. The molecule has 4 nitrogen and oxygen atoms in total. The fourth-order valence-corrected chi connectivity index (χ4v) is 3.30. The second-order valence-corrected chi connectivity index (χ2v) is 6.50. The van der Waals surface area contributed by atoms with Crippen molar-refractivity contribution in [1.82, 2.24) is 14.8 Å². The van der Waals surface area contributed by atoms with E-state index in [1.807, 2.05) is 29.8 Å². The van der Waals surface area contributed by atoms with Crippen molar-refractivity contribution in [2.75, 3.05) is 39.3 Å². The lowest BCUT2D eigenvalue weighted by atomic mass is 10.3. The molecule has 22 heavy (non-hydrogen) atoms. The summed E-state index contributed by atoms with van der Waals surface area (Å²) in [6, 6.07) is 7.62. The molecule has 0 amide bonds. The van der Waals surface area contributed by atoms with Crippen LogP contribution in [0.4, 0.5) is 0 Å². The highest BCUT2D eigenvalue weighted by Crippen LogP contribution is 2.22. The molecule has 1 aromatic carbocycles. The third-order valence-electron chi connectivity index (χ3n) is 3.84. The summed E-state index contributed by atoms with van der Waals surface area (Å²) in [6.07, 6.45) is 0. The minimum atomic E-state index is 0.676. The van der Waals surface area contributed by atoms with Crippen molar-refractivity contribution in [2.45, 2.75) is 6.54 Å². The fourth-order valence-electron chi connectivity index (χ4n) is 2.56. The van der Waals surface area contributed by atoms with Gasteiger partial charge in [-0.15, -0.1) is 11.3 Å². The average Bonchev–Trinajstić information content (AvgIpc) is 3.04. The predicted octanol–water partition coefficient (Wildman–Crippen LogP) is 2.99. The van der Waals surface area contributed by atoms with Gasteiger partial charge in [-0.25, -0.2) is 4.98 Å². The van der Waals surface area contributed by atoms with E-state index in [0.717, 1.165) is 45.0 Å². The number of para-hydroxylation sites is 1. The molecule has 0 N–H and O–H groups in total. The first-order chi connectivity index (χ1) is 10.8. The summed E-state index contributed by atoms with van der Waals surface area (Å²) in [5.74, 6) is 0.770. The van der Waals surface area contributed by atoms with Crippen LogP contribution in [0.3, 0.4) is 0 Å². The van der Waals surface area contributed by atoms with Crippen molar-refractivity contribution in [3.63, 3.8) is 0 Å². The highest BCUT2D eigenvalue weighted by atomic mass is 35.5. The van der Waals surface area contributed by atoms with Gasteiger partial charge in [-0.05, 0) is 12.1 Å². The number of thiazole rings is 1. The molecule has 0 radical (unpaired) electrons. The lowest BCUT2D eigenvalue weighted by molar-refractivity contribution is 0.112. The first-order valence-electron chi connectivity index (χ1n) is 7.50. The van der Waals surface area contributed by atoms with Gasteiger partial charge in [0.1, 0.15) is 12.4 Å². The number of ether oxygens (including phenoxy) is 1. The van der Waals surface area contributed by atoms with Crippen LogP contribution in [0.2, 0.25) is 5.02 Å². The molecule has 1 aromatic heterocycles. The maximum Gasteiger partial charge on any atom is 0.137 e. The number of piperazine rings is 1. The summed E-state index contributed by atoms with van der Waals surface area (Å²) in [5.41, 5.74) is 3.08. The molecule has 2 aromatic rings. The molecule has 118 valence electrons. The van der Waals surface area contributed by atoms with E-state index in [0.29, 0.717) is 11.6 Å². The van der Waals surface area contributed by atoms with Crippen LogP contribution in [0, 0.1) is 0 Å². The molecule has 1 saturated heterocycles. The van der Waals surface area contributed by atoms with E-state index in [1.54, 1.807) is 11.3 Å². The molecule has 3 rings (SSSR count). The first-order valence-corrected chi connectivity index (χ1v) is 8.82. The maximum atomic E-state index is 6.08. The summed E-state index contributed by atoms with van der Waals surface area (Å²) >= 11 is 7.75. The van der Waals surface area contributed by atoms with Crippen molar-refractivity contribution in [3.05, 3.63) is 45.9 Å². The number of benzene rings is 1. The Kier molecular flexibility index (Phi) is 5.67. The first kappa shape index (κ1) is 15.7. The van der Waals surface area contributed by atoms with E-state index in [2.05, 4.69) is 20.2 Å². The molecular weight excluding hydrogens is 318 g/mol. The second kappa shape index (κ2) is 7.92. The standard InChI is InChI=1S/C16H20ClN3OS/c17-15-3-1-2-4-16(15)21-10-9-19-5-7-20(8-6-19)11-14-12-22-13-18-14/h1-4,12-13H,5-11H2. The summed E-state index contributed by atoms with van der Waals surface area (Å²) in [4.78, 5) is 9.25. The lowest BCUT2D eigenvalue weighted by Crippen LogP contribution is -2.47. The third kappa shape index (κ3) is 4.43. The number of aromatic nitrogens is 1. The van der Waals surface area contributed by atoms with Crippen LogP contribution in [-0.2, 0) is 6.54 Å². The van der Waals surface area contributed by atoms with Crippen LogP contribution in [0.5, 0.6) is 5.75 Å². The van der Waals surface area contributed by atoms with Gasteiger partial charge in [0.15, 0.2) is 0 Å². The molecule has 1 aliphatic rings. The van der Waals surface area contributed by atoms with E-state index < -0.39 is 0 Å². The van der Waals surface area contributed by atoms with Gasteiger partial charge in [0.2, 0.25) is 0 Å². The van der Waals surface area contributed by atoms with Crippen molar-refractivity contribution in [2.24, 2.45) is 0 Å². The normalized spacial score (nSPS) is 16.8. The largest absolute Gasteiger partial charge is 0.491 e. The monoisotopic (exact) mass is 337 g/mol.